The second kappa shape index (κ2) is 8.14. The molecule has 0 radical (unpaired) electrons. The van der Waals surface area contributed by atoms with Crippen LogP contribution in [-0.2, 0) is 26.7 Å². The molecule has 2 aromatic rings. The van der Waals surface area contributed by atoms with Crippen LogP contribution < -0.4 is 18.9 Å². The van der Waals surface area contributed by atoms with Crippen molar-refractivity contribution < 1.29 is 26.4 Å². The molecule has 3 heterocycles. The number of piperidine rings is 1. The summed E-state index contributed by atoms with van der Waals surface area (Å²) in [4.78, 5) is 15.2. The fourth-order valence-corrected chi connectivity index (χ4v) is 6.29. The third-order valence-corrected chi connectivity index (χ3v) is 8.03. The number of anilines is 3. The van der Waals surface area contributed by atoms with Crippen molar-refractivity contribution in [3.05, 3.63) is 47.5 Å². The molecule has 10 nitrogen and oxygen atoms in total. The lowest BCUT2D eigenvalue weighted by molar-refractivity contribution is -0.00865. The largest absolute Gasteiger partial charge is 0.486 e. The molecule has 3 N–H and O–H groups in total. The molecule has 3 aliphatic heterocycles. The molecule has 0 atom stereocenters. The zero-order valence-electron chi connectivity index (χ0n) is 18.6. The topological polar surface area (TPSA) is 134 Å². The molecule has 34 heavy (non-hydrogen) atoms. The van der Waals surface area contributed by atoms with E-state index in [1.807, 2.05) is 12.1 Å². The van der Waals surface area contributed by atoms with Crippen molar-refractivity contribution in [2.24, 2.45) is 0 Å². The number of fused-ring (bicyclic) bond motifs is 2. The highest BCUT2D eigenvalue weighted by Gasteiger charge is 2.43. The van der Waals surface area contributed by atoms with Gasteiger partial charge in [-0.05, 0) is 42.3 Å². The molecule has 1 saturated heterocycles. The maximum absolute atomic E-state index is 12.9. The first-order valence-electron chi connectivity index (χ1n) is 11.0. The van der Waals surface area contributed by atoms with E-state index in [0.29, 0.717) is 28.4 Å². The summed E-state index contributed by atoms with van der Waals surface area (Å²) in [5.74, 6) is 0.457. The monoisotopic (exact) mass is 506 g/mol. The van der Waals surface area contributed by atoms with Gasteiger partial charge in [-0.2, -0.15) is 8.42 Å². The minimum atomic E-state index is -3.49. The molecule has 5 rings (SSSR count). The van der Waals surface area contributed by atoms with Crippen LogP contribution in [0.1, 0.15) is 35.2 Å². The number of carbonyl (C=O) groups is 1. The van der Waals surface area contributed by atoms with Gasteiger partial charge >= 0.3 is 10.2 Å². The molecular formula is C22H26N4O6S2. The SMILES string of the molecule is CS(=O)(=O)Nc1ccc2c(c1)C(=O)CC1(CCN(CCc3ccc4c(c3)NS(=O)(=O)N4)CC1)O2. The Morgan fingerprint density at radius 2 is 1.82 bits per heavy atom. The molecule has 0 aromatic heterocycles. The van der Waals surface area contributed by atoms with Crippen LogP contribution >= 0.6 is 0 Å². The number of Topliss-reactive ketones (excluding diaryl/α,β-unsaturated/α-hetero) is 1. The van der Waals surface area contributed by atoms with Gasteiger partial charge in [0.1, 0.15) is 11.4 Å². The number of sulfonamides is 1. The third kappa shape index (κ3) is 4.84. The van der Waals surface area contributed by atoms with Gasteiger partial charge < -0.3 is 9.64 Å². The number of rotatable bonds is 5. The molecule has 1 spiro atoms. The number of ketones is 1. The molecule has 2 aromatic carbocycles. The fraction of sp³-hybridized carbons (Fsp3) is 0.409. The molecular weight excluding hydrogens is 480 g/mol. The summed E-state index contributed by atoms with van der Waals surface area (Å²) in [7, 11) is -6.92. The van der Waals surface area contributed by atoms with E-state index < -0.39 is 25.8 Å². The van der Waals surface area contributed by atoms with Gasteiger partial charge in [-0.25, -0.2) is 8.42 Å². The van der Waals surface area contributed by atoms with E-state index >= 15 is 0 Å². The van der Waals surface area contributed by atoms with E-state index in [0.717, 1.165) is 50.7 Å². The molecule has 182 valence electrons. The maximum Gasteiger partial charge on any atom is 0.321 e. The first kappa shape index (κ1) is 22.9. The highest BCUT2D eigenvalue weighted by atomic mass is 32.2. The number of likely N-dealkylation sites (tertiary alicyclic amines) is 1. The van der Waals surface area contributed by atoms with Crippen LogP contribution in [0.25, 0.3) is 0 Å². The molecule has 0 bridgehead atoms. The van der Waals surface area contributed by atoms with Crippen LogP contribution in [0.4, 0.5) is 17.1 Å². The van der Waals surface area contributed by atoms with Crippen molar-refractivity contribution in [2.75, 3.05) is 40.1 Å². The predicted molar refractivity (Wildman–Crippen MR) is 129 cm³/mol. The van der Waals surface area contributed by atoms with E-state index in [4.69, 9.17) is 4.74 Å². The lowest BCUT2D eigenvalue weighted by Gasteiger charge is -2.44. The normalized spacial score (nSPS) is 20.6. The average molecular weight is 507 g/mol. The second-order valence-corrected chi connectivity index (χ2v) is 12.3. The number of ether oxygens (including phenoxy) is 1. The van der Waals surface area contributed by atoms with Crippen LogP contribution in [-0.4, -0.2) is 59.0 Å². The minimum Gasteiger partial charge on any atom is -0.486 e. The molecule has 0 aliphatic carbocycles. The van der Waals surface area contributed by atoms with Crippen LogP contribution in [0.2, 0.25) is 0 Å². The molecule has 0 unspecified atom stereocenters. The Balaban J connectivity index is 1.19. The standard InChI is InChI=1S/C22H26N4O6S2/c1-33(28,29)23-16-3-5-21-17(13-16)20(27)14-22(32-21)7-10-26(11-8-22)9-6-15-2-4-18-19(12-15)25-34(30,31)24-18/h2-5,12-13,23-25H,6-11,14H2,1H3. The molecule has 12 heteroatoms. The number of hydrogen-bond acceptors (Lipinski definition) is 7. The number of nitrogens with zero attached hydrogens (tertiary/aromatic N) is 1. The molecule has 0 amide bonds. The average Bonchev–Trinajstić information content (AvgIpc) is 3.06. The van der Waals surface area contributed by atoms with Gasteiger partial charge in [0.05, 0.1) is 29.6 Å². The summed E-state index contributed by atoms with van der Waals surface area (Å²) in [6.45, 7) is 2.39. The third-order valence-electron chi connectivity index (χ3n) is 6.45. The minimum absolute atomic E-state index is 0.0407. The van der Waals surface area contributed by atoms with E-state index in [9.17, 15) is 21.6 Å². The summed E-state index contributed by atoms with van der Waals surface area (Å²) < 4.78 is 59.8. The van der Waals surface area contributed by atoms with Gasteiger partial charge in [0, 0.05) is 38.2 Å². The van der Waals surface area contributed by atoms with Crippen LogP contribution in [0.15, 0.2) is 36.4 Å². The number of benzene rings is 2. The molecule has 0 saturated carbocycles. The van der Waals surface area contributed by atoms with E-state index in [1.54, 1.807) is 18.2 Å². The van der Waals surface area contributed by atoms with Crippen molar-refractivity contribution in [3.63, 3.8) is 0 Å². The first-order chi connectivity index (χ1) is 16.0. The Hall–Kier alpha value is -2.83. The second-order valence-electron chi connectivity index (χ2n) is 9.15. The van der Waals surface area contributed by atoms with Gasteiger partial charge in [0.25, 0.3) is 0 Å². The van der Waals surface area contributed by atoms with Gasteiger partial charge in [-0.1, -0.05) is 6.07 Å². The Labute approximate surface area is 198 Å². The zero-order chi connectivity index (χ0) is 24.1. The Morgan fingerprint density at radius 3 is 2.56 bits per heavy atom. The number of nitrogens with one attached hydrogen (secondary N) is 3. The van der Waals surface area contributed by atoms with E-state index in [-0.39, 0.29) is 12.2 Å². The maximum atomic E-state index is 12.9. The van der Waals surface area contributed by atoms with Gasteiger partial charge in [-0.15, -0.1) is 0 Å². The van der Waals surface area contributed by atoms with Crippen molar-refractivity contribution in [3.8, 4) is 5.75 Å². The van der Waals surface area contributed by atoms with Crippen LogP contribution in [0.3, 0.4) is 0 Å². The zero-order valence-corrected chi connectivity index (χ0v) is 20.3. The lowest BCUT2D eigenvalue weighted by Crippen LogP contribution is -2.51. The summed E-state index contributed by atoms with van der Waals surface area (Å²) >= 11 is 0. The quantitative estimate of drug-likeness (QED) is 0.566. The Kier molecular flexibility index (Phi) is 5.49. The van der Waals surface area contributed by atoms with E-state index in [1.165, 1.54) is 6.07 Å². The summed E-state index contributed by atoms with van der Waals surface area (Å²) in [6.07, 6.45) is 3.55. The summed E-state index contributed by atoms with van der Waals surface area (Å²) in [5.41, 5.74) is 2.38. The smallest absolute Gasteiger partial charge is 0.321 e. The van der Waals surface area contributed by atoms with Gasteiger partial charge in [0.2, 0.25) is 10.0 Å². The fourth-order valence-electron chi connectivity index (χ4n) is 4.76. The summed E-state index contributed by atoms with van der Waals surface area (Å²) in [5, 5.41) is 0. The van der Waals surface area contributed by atoms with Gasteiger partial charge in [-0.3, -0.25) is 19.0 Å². The lowest BCUT2D eigenvalue weighted by atomic mass is 9.82. The predicted octanol–water partition coefficient (Wildman–Crippen LogP) is 2.18. The number of hydrogen-bond donors (Lipinski definition) is 3. The van der Waals surface area contributed by atoms with E-state index in [2.05, 4.69) is 19.1 Å². The van der Waals surface area contributed by atoms with Gasteiger partial charge in [0.15, 0.2) is 5.78 Å². The Bertz CT molecular complexity index is 1370. The van der Waals surface area contributed by atoms with Crippen LogP contribution in [0, 0.1) is 0 Å². The first-order valence-corrected chi connectivity index (χ1v) is 14.4. The van der Waals surface area contributed by atoms with Crippen LogP contribution in [0.5, 0.6) is 5.75 Å². The number of carbonyl (C=O) groups excluding carboxylic acids is 1. The molecule has 1 fully saturated rings. The highest BCUT2D eigenvalue weighted by molar-refractivity contribution is 7.94. The highest BCUT2D eigenvalue weighted by Crippen LogP contribution is 2.40. The van der Waals surface area contributed by atoms with Crippen molar-refractivity contribution >= 4 is 43.1 Å². The van der Waals surface area contributed by atoms with Crippen molar-refractivity contribution in [1.29, 1.82) is 0 Å². The molecule has 3 aliphatic rings. The van der Waals surface area contributed by atoms with Crippen molar-refractivity contribution in [1.82, 2.24) is 4.90 Å². The van der Waals surface area contributed by atoms with Crippen molar-refractivity contribution in [2.45, 2.75) is 31.3 Å². The summed E-state index contributed by atoms with van der Waals surface area (Å²) in [6, 6.07) is 10.3. The Morgan fingerprint density at radius 1 is 1.09 bits per heavy atom.